The number of benzene rings is 1. The second kappa shape index (κ2) is 9.86. The Morgan fingerprint density at radius 3 is 2.58 bits per heavy atom. The fourth-order valence-corrected chi connectivity index (χ4v) is 3.76. The van der Waals surface area contributed by atoms with E-state index in [9.17, 15) is 14.9 Å². The third-order valence-electron chi connectivity index (χ3n) is 4.27. The molecule has 0 saturated heterocycles. The molecule has 1 fully saturated rings. The molecule has 8 heteroatoms. The number of rotatable bonds is 6. The molecular formula is C16H24ClN3O3S. The second-order valence-electron chi connectivity index (χ2n) is 5.91. The molecule has 3 atom stereocenters. The van der Waals surface area contributed by atoms with Crippen LogP contribution >= 0.6 is 24.2 Å². The zero-order chi connectivity index (χ0) is 16.8. The van der Waals surface area contributed by atoms with Gasteiger partial charge in [0.05, 0.1) is 10.2 Å². The number of nitro groups is 1. The predicted molar refractivity (Wildman–Crippen MR) is 98.6 cm³/mol. The molecule has 3 N–H and O–H groups in total. The molecule has 134 valence electrons. The molecule has 1 aromatic carbocycles. The first kappa shape index (κ1) is 20.7. The van der Waals surface area contributed by atoms with Gasteiger partial charge in [-0.3, -0.25) is 14.9 Å². The van der Waals surface area contributed by atoms with E-state index in [0.717, 1.165) is 24.2 Å². The van der Waals surface area contributed by atoms with E-state index < -0.39 is 4.92 Å². The van der Waals surface area contributed by atoms with Gasteiger partial charge in [-0.1, -0.05) is 12.8 Å². The van der Waals surface area contributed by atoms with Crippen LogP contribution in [0.2, 0.25) is 0 Å². The number of nitrogens with two attached hydrogens (primary N) is 1. The van der Waals surface area contributed by atoms with Gasteiger partial charge < -0.3 is 11.1 Å². The molecule has 1 aliphatic carbocycles. The summed E-state index contributed by atoms with van der Waals surface area (Å²) in [5.41, 5.74) is 5.85. The Morgan fingerprint density at radius 1 is 1.38 bits per heavy atom. The van der Waals surface area contributed by atoms with Crippen LogP contribution in [0.25, 0.3) is 0 Å². The fourth-order valence-electron chi connectivity index (χ4n) is 2.88. The number of hydrogen-bond donors (Lipinski definition) is 2. The molecule has 3 unspecified atom stereocenters. The summed E-state index contributed by atoms with van der Waals surface area (Å²) in [6.07, 6.45) is 4.38. The average molecular weight is 374 g/mol. The first-order valence-corrected chi connectivity index (χ1v) is 8.80. The number of nitrogens with one attached hydrogen (secondary N) is 1. The number of carbonyl (C=O) groups excluding carboxylic acids is 1. The summed E-state index contributed by atoms with van der Waals surface area (Å²) in [6.45, 7) is 2.45. The molecule has 0 aromatic heterocycles. The summed E-state index contributed by atoms with van der Waals surface area (Å²) in [6, 6.07) is 6.43. The van der Waals surface area contributed by atoms with Crippen LogP contribution in [0.1, 0.15) is 32.6 Å². The van der Waals surface area contributed by atoms with Gasteiger partial charge >= 0.3 is 0 Å². The summed E-state index contributed by atoms with van der Waals surface area (Å²) in [4.78, 5) is 23.4. The smallest absolute Gasteiger partial charge is 0.269 e. The van der Waals surface area contributed by atoms with Gasteiger partial charge in [0.25, 0.3) is 5.69 Å². The van der Waals surface area contributed by atoms with Crippen molar-refractivity contribution >= 4 is 35.8 Å². The lowest BCUT2D eigenvalue weighted by molar-refractivity contribution is -0.384. The molecule has 2 rings (SSSR count). The second-order valence-corrected chi connectivity index (χ2v) is 7.32. The highest BCUT2D eigenvalue weighted by Crippen LogP contribution is 2.27. The summed E-state index contributed by atoms with van der Waals surface area (Å²) < 4.78 is 0. The molecule has 0 bridgehead atoms. The number of amides is 1. The first-order valence-electron chi connectivity index (χ1n) is 7.93. The number of thioether (sulfide) groups is 1. The van der Waals surface area contributed by atoms with E-state index in [0.29, 0.717) is 12.5 Å². The Bertz CT molecular complexity index is 556. The number of nitrogens with zero attached hydrogens (tertiary/aromatic N) is 1. The maximum atomic E-state index is 12.4. The van der Waals surface area contributed by atoms with Gasteiger partial charge in [-0.15, -0.1) is 24.2 Å². The summed E-state index contributed by atoms with van der Waals surface area (Å²) >= 11 is 1.40. The molecule has 0 radical (unpaired) electrons. The van der Waals surface area contributed by atoms with Crippen LogP contribution in [-0.4, -0.2) is 28.7 Å². The lowest BCUT2D eigenvalue weighted by Crippen LogP contribution is -2.47. The summed E-state index contributed by atoms with van der Waals surface area (Å²) in [7, 11) is 0. The molecule has 1 aliphatic rings. The molecule has 1 saturated carbocycles. The zero-order valence-electron chi connectivity index (χ0n) is 13.6. The predicted octanol–water partition coefficient (Wildman–Crippen LogP) is 3.13. The molecule has 0 spiro atoms. The highest BCUT2D eigenvalue weighted by Gasteiger charge is 2.27. The largest absolute Gasteiger partial charge is 0.352 e. The first-order chi connectivity index (χ1) is 11.0. The van der Waals surface area contributed by atoms with Crippen molar-refractivity contribution in [2.75, 3.05) is 6.54 Å². The van der Waals surface area contributed by atoms with E-state index in [2.05, 4.69) is 5.32 Å². The summed E-state index contributed by atoms with van der Waals surface area (Å²) in [5.74, 6) is 0.364. The van der Waals surface area contributed by atoms with Gasteiger partial charge in [-0.2, -0.15) is 0 Å². The topological polar surface area (TPSA) is 98.3 Å². The van der Waals surface area contributed by atoms with Crippen molar-refractivity contribution in [1.82, 2.24) is 5.32 Å². The Morgan fingerprint density at radius 2 is 2.00 bits per heavy atom. The van der Waals surface area contributed by atoms with Crippen molar-refractivity contribution in [3.63, 3.8) is 0 Å². The Labute approximate surface area is 152 Å². The van der Waals surface area contributed by atoms with Crippen LogP contribution in [0.5, 0.6) is 0 Å². The molecule has 1 amide bonds. The number of nitro benzene ring substituents is 1. The van der Waals surface area contributed by atoms with Gasteiger partial charge in [-0.05, 0) is 44.4 Å². The van der Waals surface area contributed by atoms with Crippen LogP contribution in [0.4, 0.5) is 5.69 Å². The normalized spacial score (nSPS) is 21.4. The van der Waals surface area contributed by atoms with Crippen molar-refractivity contribution in [2.45, 2.75) is 48.8 Å². The van der Waals surface area contributed by atoms with Crippen molar-refractivity contribution in [1.29, 1.82) is 0 Å². The number of hydrogen-bond acceptors (Lipinski definition) is 5. The van der Waals surface area contributed by atoms with Crippen LogP contribution in [-0.2, 0) is 4.79 Å². The number of non-ortho nitro benzene ring substituents is 1. The molecule has 1 aromatic rings. The Kier molecular flexibility index (Phi) is 8.52. The monoisotopic (exact) mass is 373 g/mol. The SMILES string of the molecule is CC(Sc1ccc([N+](=O)[O-])cc1)C(=O)NC1CCCCC1CN.Cl. The van der Waals surface area contributed by atoms with Gasteiger partial charge in [-0.25, -0.2) is 0 Å². The Balaban J connectivity index is 0.00000288. The fraction of sp³-hybridized carbons (Fsp3) is 0.562. The van der Waals surface area contributed by atoms with E-state index in [1.165, 1.54) is 30.3 Å². The number of carbonyl (C=O) groups is 1. The average Bonchev–Trinajstić information content (AvgIpc) is 2.55. The lowest BCUT2D eigenvalue weighted by atomic mass is 9.84. The van der Waals surface area contributed by atoms with Crippen molar-refractivity contribution in [3.8, 4) is 0 Å². The maximum absolute atomic E-state index is 12.4. The quantitative estimate of drug-likeness (QED) is 0.453. The summed E-state index contributed by atoms with van der Waals surface area (Å²) in [5, 5.41) is 13.5. The minimum atomic E-state index is -0.430. The minimum Gasteiger partial charge on any atom is -0.352 e. The lowest BCUT2D eigenvalue weighted by Gasteiger charge is -2.32. The third-order valence-corrected chi connectivity index (χ3v) is 5.38. The van der Waals surface area contributed by atoms with E-state index >= 15 is 0 Å². The molecule has 0 aliphatic heterocycles. The minimum absolute atomic E-state index is 0. The van der Waals surface area contributed by atoms with Crippen LogP contribution in [0.3, 0.4) is 0 Å². The molecule has 6 nitrogen and oxygen atoms in total. The van der Waals surface area contributed by atoms with Crippen LogP contribution in [0.15, 0.2) is 29.2 Å². The highest BCUT2D eigenvalue weighted by molar-refractivity contribution is 8.00. The van der Waals surface area contributed by atoms with Crippen molar-refractivity contribution in [3.05, 3.63) is 34.4 Å². The Hall–Kier alpha value is -1.31. The molecule has 0 heterocycles. The van der Waals surface area contributed by atoms with Gasteiger partial charge in [0.1, 0.15) is 0 Å². The van der Waals surface area contributed by atoms with E-state index in [-0.39, 0.29) is 35.3 Å². The highest BCUT2D eigenvalue weighted by atomic mass is 35.5. The third kappa shape index (κ3) is 5.65. The standard InChI is InChI=1S/C16H23N3O3S.ClH/c1-11(23-14-8-6-13(7-9-14)19(21)22)16(20)18-15-5-3-2-4-12(15)10-17;/h6-9,11-12,15H,2-5,10,17H2,1H3,(H,18,20);1H. The van der Waals surface area contributed by atoms with Crippen LogP contribution in [0, 0.1) is 16.0 Å². The van der Waals surface area contributed by atoms with Gasteiger partial charge in [0.15, 0.2) is 0 Å². The van der Waals surface area contributed by atoms with Crippen LogP contribution < -0.4 is 11.1 Å². The zero-order valence-corrected chi connectivity index (χ0v) is 15.3. The maximum Gasteiger partial charge on any atom is 0.269 e. The van der Waals surface area contributed by atoms with Gasteiger partial charge in [0, 0.05) is 23.1 Å². The number of halogens is 1. The van der Waals surface area contributed by atoms with E-state index in [4.69, 9.17) is 5.73 Å². The van der Waals surface area contributed by atoms with Crippen molar-refractivity contribution < 1.29 is 9.72 Å². The molecule has 24 heavy (non-hydrogen) atoms. The van der Waals surface area contributed by atoms with Gasteiger partial charge in [0.2, 0.25) is 5.91 Å². The van der Waals surface area contributed by atoms with E-state index in [1.54, 1.807) is 12.1 Å². The molecular weight excluding hydrogens is 350 g/mol. The van der Waals surface area contributed by atoms with E-state index in [1.807, 2.05) is 6.92 Å². The van der Waals surface area contributed by atoms with Crippen molar-refractivity contribution in [2.24, 2.45) is 11.7 Å².